The van der Waals surface area contributed by atoms with Gasteiger partial charge in [-0.3, -0.25) is 0 Å². The van der Waals surface area contributed by atoms with Gasteiger partial charge in [-0.05, 0) is 33.3 Å². The lowest BCUT2D eigenvalue weighted by Gasteiger charge is -2.41. The largest absolute Gasteiger partial charge is 0.472 e. The van der Waals surface area contributed by atoms with E-state index in [9.17, 15) is 0 Å². The van der Waals surface area contributed by atoms with E-state index in [-0.39, 0.29) is 11.7 Å². The summed E-state index contributed by atoms with van der Waals surface area (Å²) in [6.07, 6.45) is 8.60. The van der Waals surface area contributed by atoms with Gasteiger partial charge in [-0.15, -0.1) is 0 Å². The van der Waals surface area contributed by atoms with Crippen molar-refractivity contribution >= 4 is 0 Å². The van der Waals surface area contributed by atoms with Gasteiger partial charge in [0.15, 0.2) is 5.79 Å². The van der Waals surface area contributed by atoms with Crippen LogP contribution < -0.4 is 0 Å². The highest BCUT2D eigenvalue weighted by Crippen LogP contribution is 2.52. The van der Waals surface area contributed by atoms with Crippen LogP contribution >= 0.6 is 0 Å². The van der Waals surface area contributed by atoms with Crippen molar-refractivity contribution in [3.8, 4) is 0 Å². The first-order valence-electron chi connectivity index (χ1n) is 6.57. The summed E-state index contributed by atoms with van der Waals surface area (Å²) >= 11 is 0. The van der Waals surface area contributed by atoms with Gasteiger partial charge < -0.3 is 13.9 Å². The SMILES string of the molecule is CC(C)=C[C@@H]1C[C@@]2(C)CC[C@@](c3ccoc3)(O1)O2. The van der Waals surface area contributed by atoms with Gasteiger partial charge in [0.05, 0.1) is 24.2 Å². The Morgan fingerprint density at radius 1 is 1.39 bits per heavy atom. The number of rotatable bonds is 2. The van der Waals surface area contributed by atoms with Crippen molar-refractivity contribution in [3.05, 3.63) is 35.8 Å². The molecule has 3 atom stereocenters. The van der Waals surface area contributed by atoms with Crippen LogP contribution in [0.3, 0.4) is 0 Å². The van der Waals surface area contributed by atoms with Gasteiger partial charge in [-0.25, -0.2) is 0 Å². The molecule has 0 radical (unpaired) electrons. The van der Waals surface area contributed by atoms with Crippen molar-refractivity contribution in [1.82, 2.24) is 0 Å². The number of hydrogen-bond acceptors (Lipinski definition) is 3. The molecule has 3 heterocycles. The van der Waals surface area contributed by atoms with Crippen molar-refractivity contribution in [2.24, 2.45) is 0 Å². The number of hydrogen-bond donors (Lipinski definition) is 0. The summed E-state index contributed by atoms with van der Waals surface area (Å²) in [6, 6.07) is 1.94. The molecule has 0 amide bonds. The molecule has 0 aromatic carbocycles. The van der Waals surface area contributed by atoms with Crippen molar-refractivity contribution in [3.63, 3.8) is 0 Å². The Kier molecular flexibility index (Phi) is 2.65. The fourth-order valence-electron chi connectivity index (χ4n) is 3.08. The molecule has 2 aliphatic heterocycles. The van der Waals surface area contributed by atoms with Crippen LogP contribution in [0.15, 0.2) is 34.7 Å². The van der Waals surface area contributed by atoms with Crippen LogP contribution in [0.4, 0.5) is 0 Å². The van der Waals surface area contributed by atoms with Gasteiger partial charge in [0.1, 0.15) is 0 Å². The van der Waals surface area contributed by atoms with Crippen LogP contribution in [0.5, 0.6) is 0 Å². The molecule has 0 saturated carbocycles. The van der Waals surface area contributed by atoms with Gasteiger partial charge in [-0.2, -0.15) is 0 Å². The van der Waals surface area contributed by atoms with E-state index in [4.69, 9.17) is 13.9 Å². The Bertz CT molecular complexity index is 458. The fourth-order valence-corrected chi connectivity index (χ4v) is 3.08. The first kappa shape index (κ1) is 12.0. The predicted octanol–water partition coefficient (Wildman–Crippen LogP) is 3.76. The molecule has 1 aromatic heterocycles. The molecule has 2 saturated heterocycles. The van der Waals surface area contributed by atoms with Gasteiger partial charge >= 0.3 is 0 Å². The van der Waals surface area contributed by atoms with Crippen LogP contribution in [0.2, 0.25) is 0 Å². The monoisotopic (exact) mass is 248 g/mol. The van der Waals surface area contributed by atoms with Crippen molar-refractivity contribution in [2.45, 2.75) is 57.5 Å². The third kappa shape index (κ3) is 1.91. The van der Waals surface area contributed by atoms with E-state index in [1.54, 1.807) is 12.5 Å². The van der Waals surface area contributed by atoms with Crippen molar-refractivity contribution in [2.75, 3.05) is 0 Å². The van der Waals surface area contributed by atoms with Gasteiger partial charge in [0.25, 0.3) is 0 Å². The molecule has 18 heavy (non-hydrogen) atoms. The molecule has 0 N–H and O–H groups in total. The maximum atomic E-state index is 6.23. The van der Waals surface area contributed by atoms with Crippen LogP contribution in [0.1, 0.15) is 45.6 Å². The highest BCUT2D eigenvalue weighted by Gasteiger charge is 2.55. The van der Waals surface area contributed by atoms with E-state index in [2.05, 4.69) is 26.8 Å². The molecule has 0 spiro atoms. The van der Waals surface area contributed by atoms with Crippen LogP contribution in [0, 0.1) is 0 Å². The summed E-state index contributed by atoms with van der Waals surface area (Å²) in [5.41, 5.74) is 2.21. The van der Waals surface area contributed by atoms with Gasteiger partial charge in [0.2, 0.25) is 0 Å². The highest BCUT2D eigenvalue weighted by atomic mass is 16.7. The second-order valence-electron chi connectivity index (χ2n) is 5.92. The standard InChI is InChI=1S/C15H20O3/c1-11(2)8-13-9-14(3)5-6-15(17-13,18-14)12-4-7-16-10-12/h4,7-8,10,13H,5-6,9H2,1-3H3/t13-,14-,15-/m1/s1. The molecule has 3 nitrogen and oxygen atoms in total. The minimum absolute atomic E-state index is 0.0772. The molecule has 2 fully saturated rings. The van der Waals surface area contributed by atoms with Gasteiger partial charge in [0, 0.05) is 18.4 Å². The van der Waals surface area contributed by atoms with Crippen molar-refractivity contribution < 1.29 is 13.9 Å². The molecule has 2 bridgehead atoms. The Balaban J connectivity index is 1.94. The second kappa shape index (κ2) is 3.97. The predicted molar refractivity (Wildman–Crippen MR) is 68.0 cm³/mol. The smallest absolute Gasteiger partial charge is 0.199 e. The molecule has 0 unspecified atom stereocenters. The Labute approximate surface area is 108 Å². The molecular formula is C15H20O3. The molecule has 0 aliphatic carbocycles. The first-order valence-corrected chi connectivity index (χ1v) is 6.57. The third-order valence-electron chi connectivity index (χ3n) is 3.85. The molecule has 3 heteroatoms. The molecular weight excluding hydrogens is 228 g/mol. The number of allylic oxidation sites excluding steroid dienone is 1. The van der Waals surface area contributed by atoms with E-state index in [1.807, 2.05) is 6.07 Å². The van der Waals surface area contributed by atoms with Gasteiger partial charge in [-0.1, -0.05) is 11.6 Å². The molecule has 98 valence electrons. The molecule has 1 aromatic rings. The summed E-state index contributed by atoms with van der Waals surface area (Å²) in [7, 11) is 0. The lowest BCUT2D eigenvalue weighted by atomic mass is 9.95. The van der Waals surface area contributed by atoms with E-state index in [1.165, 1.54) is 5.57 Å². The summed E-state index contributed by atoms with van der Waals surface area (Å²) in [5, 5.41) is 0. The average Bonchev–Trinajstić information content (AvgIpc) is 2.85. The third-order valence-corrected chi connectivity index (χ3v) is 3.85. The minimum Gasteiger partial charge on any atom is -0.472 e. The minimum atomic E-state index is -0.601. The van der Waals surface area contributed by atoms with E-state index >= 15 is 0 Å². The summed E-state index contributed by atoms with van der Waals surface area (Å²) in [6.45, 7) is 6.39. The zero-order chi connectivity index (χ0) is 12.8. The molecule has 2 aliphatic rings. The Morgan fingerprint density at radius 2 is 2.22 bits per heavy atom. The van der Waals surface area contributed by atoms with Crippen LogP contribution in [0.25, 0.3) is 0 Å². The van der Waals surface area contributed by atoms with E-state index < -0.39 is 5.79 Å². The van der Waals surface area contributed by atoms with E-state index in [0.29, 0.717) is 0 Å². The Morgan fingerprint density at radius 3 is 2.89 bits per heavy atom. The number of fused-ring (bicyclic) bond motifs is 2. The van der Waals surface area contributed by atoms with Crippen molar-refractivity contribution in [1.29, 1.82) is 0 Å². The fraction of sp³-hybridized carbons (Fsp3) is 0.600. The Hall–Kier alpha value is -1.06. The zero-order valence-electron chi connectivity index (χ0n) is 11.2. The van der Waals surface area contributed by atoms with E-state index in [0.717, 1.165) is 24.8 Å². The zero-order valence-corrected chi connectivity index (χ0v) is 11.2. The highest BCUT2D eigenvalue weighted by molar-refractivity contribution is 5.19. The normalized spacial score (nSPS) is 38.7. The topological polar surface area (TPSA) is 31.6 Å². The first-order chi connectivity index (χ1) is 8.51. The maximum absolute atomic E-state index is 6.23. The quantitative estimate of drug-likeness (QED) is 0.747. The lowest BCUT2D eigenvalue weighted by Crippen LogP contribution is -2.44. The lowest BCUT2D eigenvalue weighted by molar-refractivity contribution is -0.311. The second-order valence-corrected chi connectivity index (χ2v) is 5.92. The maximum Gasteiger partial charge on any atom is 0.199 e. The molecule has 3 rings (SSSR count). The van der Waals surface area contributed by atoms with Crippen LogP contribution in [-0.2, 0) is 15.3 Å². The summed E-state index contributed by atoms with van der Waals surface area (Å²) in [5.74, 6) is -0.601. The number of furan rings is 1. The van der Waals surface area contributed by atoms with Crippen LogP contribution in [-0.4, -0.2) is 11.7 Å². The summed E-state index contributed by atoms with van der Waals surface area (Å²) < 4.78 is 17.6. The average molecular weight is 248 g/mol. The number of ether oxygens (including phenoxy) is 2. The summed E-state index contributed by atoms with van der Waals surface area (Å²) in [4.78, 5) is 0.